The average molecular weight is 274 g/mol. The molecule has 1 amide bonds. The maximum absolute atomic E-state index is 11.0. The van der Waals surface area contributed by atoms with E-state index in [1.54, 1.807) is 6.07 Å². The molecule has 1 heterocycles. The van der Waals surface area contributed by atoms with Crippen molar-refractivity contribution in [2.75, 3.05) is 18.0 Å². The van der Waals surface area contributed by atoms with E-state index in [2.05, 4.69) is 5.32 Å². The van der Waals surface area contributed by atoms with Crippen LogP contribution in [0.15, 0.2) is 18.2 Å². The molecule has 1 aliphatic heterocycles. The van der Waals surface area contributed by atoms with E-state index in [-0.39, 0.29) is 23.2 Å². The van der Waals surface area contributed by atoms with Gasteiger partial charge in [0.15, 0.2) is 0 Å². The monoisotopic (exact) mass is 274 g/mol. The molecule has 1 aromatic rings. The summed E-state index contributed by atoms with van der Waals surface area (Å²) in [5, 5.41) is 22.6. The van der Waals surface area contributed by atoms with E-state index in [0.717, 1.165) is 18.7 Å². The summed E-state index contributed by atoms with van der Waals surface area (Å²) in [6.07, 6.45) is 0.818. The fourth-order valence-corrected chi connectivity index (χ4v) is 2.37. The number of amides is 1. The first-order chi connectivity index (χ1) is 9.51. The number of nitrogens with zero attached hydrogens (tertiary/aromatic N) is 3. The minimum atomic E-state index is -0.563. The molecule has 0 radical (unpaired) electrons. The number of carbonyl (C=O) groups is 1. The molecule has 0 saturated carbocycles. The fourth-order valence-electron chi connectivity index (χ4n) is 2.37. The Kier molecular flexibility index (Phi) is 3.84. The summed E-state index contributed by atoms with van der Waals surface area (Å²) in [5.41, 5.74) is 0.629. The van der Waals surface area contributed by atoms with E-state index in [1.165, 1.54) is 19.1 Å². The summed E-state index contributed by atoms with van der Waals surface area (Å²) in [6, 6.07) is 6.43. The number of rotatable bonds is 3. The smallest absolute Gasteiger partial charge is 0.287 e. The van der Waals surface area contributed by atoms with Crippen LogP contribution in [0.2, 0.25) is 0 Å². The van der Waals surface area contributed by atoms with Crippen LogP contribution in [0, 0.1) is 21.4 Å². The lowest BCUT2D eigenvalue weighted by Gasteiger charge is -2.19. The van der Waals surface area contributed by atoms with Gasteiger partial charge in [0.05, 0.1) is 4.92 Å². The minimum Gasteiger partial charge on any atom is -0.369 e. The van der Waals surface area contributed by atoms with Crippen molar-refractivity contribution in [2.24, 2.45) is 0 Å². The van der Waals surface area contributed by atoms with Crippen molar-refractivity contribution in [1.82, 2.24) is 5.32 Å². The summed E-state index contributed by atoms with van der Waals surface area (Å²) >= 11 is 0. The molecule has 1 aromatic carbocycles. The van der Waals surface area contributed by atoms with E-state index in [4.69, 9.17) is 5.26 Å². The van der Waals surface area contributed by atoms with Crippen LogP contribution in [0.25, 0.3) is 0 Å². The second kappa shape index (κ2) is 5.57. The average Bonchev–Trinajstić information content (AvgIpc) is 2.85. The van der Waals surface area contributed by atoms with Gasteiger partial charge in [-0.05, 0) is 18.6 Å². The molecule has 20 heavy (non-hydrogen) atoms. The molecule has 104 valence electrons. The summed E-state index contributed by atoms with van der Waals surface area (Å²) in [7, 11) is 0. The predicted molar refractivity (Wildman–Crippen MR) is 72.2 cm³/mol. The maximum atomic E-state index is 11.0. The van der Waals surface area contributed by atoms with Crippen molar-refractivity contribution in [3.63, 3.8) is 0 Å². The number of nitro groups is 1. The second-order valence-electron chi connectivity index (χ2n) is 4.70. The third kappa shape index (κ3) is 2.85. The van der Waals surface area contributed by atoms with Gasteiger partial charge in [-0.25, -0.2) is 0 Å². The number of carbonyl (C=O) groups excluding carboxylic acids is 1. The van der Waals surface area contributed by atoms with Gasteiger partial charge in [0.25, 0.3) is 5.69 Å². The van der Waals surface area contributed by atoms with Crippen molar-refractivity contribution >= 4 is 17.3 Å². The molecular formula is C13H14N4O3. The van der Waals surface area contributed by atoms with E-state index in [0.29, 0.717) is 6.54 Å². The van der Waals surface area contributed by atoms with Crippen molar-refractivity contribution in [1.29, 1.82) is 5.26 Å². The molecule has 1 saturated heterocycles. The van der Waals surface area contributed by atoms with Crippen LogP contribution < -0.4 is 10.2 Å². The van der Waals surface area contributed by atoms with Crippen LogP contribution in [0.1, 0.15) is 18.9 Å². The van der Waals surface area contributed by atoms with E-state index >= 15 is 0 Å². The number of anilines is 1. The summed E-state index contributed by atoms with van der Waals surface area (Å²) in [4.78, 5) is 23.2. The third-order valence-electron chi connectivity index (χ3n) is 3.26. The van der Waals surface area contributed by atoms with Crippen LogP contribution in [-0.4, -0.2) is 30.0 Å². The highest BCUT2D eigenvalue weighted by molar-refractivity contribution is 5.73. The van der Waals surface area contributed by atoms with Gasteiger partial charge in [-0.15, -0.1) is 0 Å². The second-order valence-corrected chi connectivity index (χ2v) is 4.70. The number of nitro benzene ring substituents is 1. The first kappa shape index (κ1) is 13.8. The zero-order chi connectivity index (χ0) is 14.7. The third-order valence-corrected chi connectivity index (χ3v) is 3.26. The van der Waals surface area contributed by atoms with Crippen LogP contribution in [0.5, 0.6) is 0 Å². The summed E-state index contributed by atoms with van der Waals surface area (Å²) in [6.45, 7) is 2.86. The quantitative estimate of drug-likeness (QED) is 0.659. The fraction of sp³-hybridized carbons (Fsp3) is 0.385. The van der Waals surface area contributed by atoms with E-state index in [9.17, 15) is 14.9 Å². The summed E-state index contributed by atoms with van der Waals surface area (Å²) in [5.74, 6) is -0.0711. The van der Waals surface area contributed by atoms with E-state index in [1.807, 2.05) is 11.0 Å². The lowest BCUT2D eigenvalue weighted by molar-refractivity contribution is -0.385. The Morgan fingerprint density at radius 2 is 2.35 bits per heavy atom. The largest absolute Gasteiger partial charge is 0.369 e. The molecule has 0 aromatic heterocycles. The van der Waals surface area contributed by atoms with Gasteiger partial charge in [-0.3, -0.25) is 14.9 Å². The van der Waals surface area contributed by atoms with Crippen molar-refractivity contribution in [3.8, 4) is 6.07 Å². The van der Waals surface area contributed by atoms with Crippen LogP contribution in [0.4, 0.5) is 11.4 Å². The maximum Gasteiger partial charge on any atom is 0.287 e. The Labute approximate surface area is 115 Å². The van der Waals surface area contributed by atoms with E-state index < -0.39 is 4.92 Å². The Morgan fingerprint density at radius 3 is 2.95 bits per heavy atom. The molecule has 7 nitrogen and oxygen atoms in total. The number of benzene rings is 1. The highest BCUT2D eigenvalue weighted by Gasteiger charge is 2.24. The highest BCUT2D eigenvalue weighted by Crippen LogP contribution is 2.26. The van der Waals surface area contributed by atoms with Crippen LogP contribution in [-0.2, 0) is 4.79 Å². The molecule has 1 atom stereocenters. The minimum absolute atomic E-state index is 0.0514. The number of nitriles is 1. The Balaban J connectivity index is 2.17. The number of hydrogen-bond donors (Lipinski definition) is 1. The van der Waals surface area contributed by atoms with Crippen LogP contribution >= 0.6 is 0 Å². The van der Waals surface area contributed by atoms with Gasteiger partial charge in [-0.1, -0.05) is 0 Å². The van der Waals surface area contributed by atoms with Gasteiger partial charge < -0.3 is 10.2 Å². The number of nitrogens with one attached hydrogen (secondary N) is 1. The topological polar surface area (TPSA) is 99.3 Å². The van der Waals surface area contributed by atoms with Gasteiger partial charge in [0.2, 0.25) is 5.91 Å². The van der Waals surface area contributed by atoms with Gasteiger partial charge >= 0.3 is 0 Å². The molecule has 0 spiro atoms. The zero-order valence-corrected chi connectivity index (χ0v) is 11.0. The molecule has 1 N–H and O–H groups in total. The molecule has 1 fully saturated rings. The lowest BCUT2D eigenvalue weighted by atomic mass is 10.1. The van der Waals surface area contributed by atoms with Crippen LogP contribution in [0.3, 0.4) is 0 Å². The zero-order valence-electron chi connectivity index (χ0n) is 11.0. The number of hydrogen-bond acceptors (Lipinski definition) is 5. The van der Waals surface area contributed by atoms with Gasteiger partial charge in [-0.2, -0.15) is 5.26 Å². The Hall–Kier alpha value is -2.62. The normalized spacial score (nSPS) is 17.6. The molecular weight excluding hydrogens is 260 g/mol. The summed E-state index contributed by atoms with van der Waals surface area (Å²) < 4.78 is 0. The molecule has 0 aliphatic carbocycles. The van der Waals surface area contributed by atoms with Gasteiger partial charge in [0, 0.05) is 37.8 Å². The van der Waals surface area contributed by atoms with Crippen molar-refractivity contribution < 1.29 is 9.72 Å². The Bertz CT molecular complexity index is 594. The van der Waals surface area contributed by atoms with Crippen molar-refractivity contribution in [3.05, 3.63) is 33.9 Å². The van der Waals surface area contributed by atoms with Crippen molar-refractivity contribution in [2.45, 2.75) is 19.4 Å². The molecule has 7 heteroatoms. The standard InChI is InChI=1S/C13H14N4O3/c1-9(18)15-11-4-5-16(8-11)12-2-3-13(17(19)20)10(6-12)7-14/h2-3,6,11H,4-5,8H2,1H3,(H,15,18). The molecule has 2 rings (SSSR count). The highest BCUT2D eigenvalue weighted by atomic mass is 16.6. The molecule has 1 aliphatic rings. The first-order valence-corrected chi connectivity index (χ1v) is 6.22. The molecule has 1 unspecified atom stereocenters. The first-order valence-electron chi connectivity index (χ1n) is 6.22. The van der Waals surface area contributed by atoms with Gasteiger partial charge in [0.1, 0.15) is 11.6 Å². The lowest BCUT2D eigenvalue weighted by Crippen LogP contribution is -2.35. The molecule has 0 bridgehead atoms. The SMILES string of the molecule is CC(=O)NC1CCN(c2ccc([N+](=O)[O-])c(C#N)c2)C1. The predicted octanol–water partition coefficient (Wildman–Crippen LogP) is 1.18. The Morgan fingerprint density at radius 1 is 1.60 bits per heavy atom.